The molecular formula is C6H7ClN2O. The van der Waals surface area contributed by atoms with E-state index in [1.807, 2.05) is 0 Å². The molecule has 54 valence electrons. The number of nitrogens with one attached hydrogen (secondary N) is 1. The van der Waals surface area contributed by atoms with Crippen molar-refractivity contribution >= 4 is 17.4 Å². The standard InChI is InChI=1S/C6H7ClN2O/c1-2-4(10)6-8-3-5(7)9-6/h3H,2H2,1H3,(H,8,9). The van der Waals surface area contributed by atoms with Crippen LogP contribution in [0.15, 0.2) is 6.20 Å². The van der Waals surface area contributed by atoms with Gasteiger partial charge in [-0.25, -0.2) is 4.98 Å². The number of nitrogens with zero attached hydrogens (tertiary/aromatic N) is 1. The molecule has 0 fully saturated rings. The molecule has 0 aromatic carbocycles. The smallest absolute Gasteiger partial charge is 0.197 e. The number of carbonyl (C=O) groups is 1. The van der Waals surface area contributed by atoms with E-state index >= 15 is 0 Å². The molecule has 0 bridgehead atoms. The maximum atomic E-state index is 10.9. The first-order valence-corrected chi connectivity index (χ1v) is 3.35. The van der Waals surface area contributed by atoms with Crippen molar-refractivity contribution in [3.8, 4) is 0 Å². The fourth-order valence-corrected chi connectivity index (χ4v) is 0.746. The van der Waals surface area contributed by atoms with Crippen molar-refractivity contribution in [3.05, 3.63) is 17.2 Å². The Kier molecular flexibility index (Phi) is 2.06. The van der Waals surface area contributed by atoms with E-state index in [-0.39, 0.29) is 5.78 Å². The van der Waals surface area contributed by atoms with Crippen LogP contribution in [0.2, 0.25) is 5.15 Å². The van der Waals surface area contributed by atoms with E-state index in [4.69, 9.17) is 11.6 Å². The van der Waals surface area contributed by atoms with Crippen molar-refractivity contribution < 1.29 is 4.79 Å². The van der Waals surface area contributed by atoms with Gasteiger partial charge in [0.15, 0.2) is 11.6 Å². The van der Waals surface area contributed by atoms with E-state index in [2.05, 4.69) is 9.97 Å². The lowest BCUT2D eigenvalue weighted by atomic mass is 10.3. The lowest BCUT2D eigenvalue weighted by Crippen LogP contribution is -1.98. The molecule has 0 atom stereocenters. The summed E-state index contributed by atoms with van der Waals surface area (Å²) in [6.07, 6.45) is 1.87. The molecule has 1 aromatic heterocycles. The summed E-state index contributed by atoms with van der Waals surface area (Å²) in [5.41, 5.74) is 0. The highest BCUT2D eigenvalue weighted by atomic mass is 35.5. The van der Waals surface area contributed by atoms with Crippen LogP contribution >= 0.6 is 11.6 Å². The summed E-state index contributed by atoms with van der Waals surface area (Å²) in [7, 11) is 0. The van der Waals surface area contributed by atoms with Crippen molar-refractivity contribution in [1.29, 1.82) is 0 Å². The molecule has 0 amide bonds. The first-order chi connectivity index (χ1) is 4.74. The van der Waals surface area contributed by atoms with Gasteiger partial charge in [-0.2, -0.15) is 0 Å². The molecule has 1 heterocycles. The van der Waals surface area contributed by atoms with Crippen LogP contribution in [0.5, 0.6) is 0 Å². The van der Waals surface area contributed by atoms with Gasteiger partial charge < -0.3 is 4.98 Å². The molecule has 0 radical (unpaired) electrons. The van der Waals surface area contributed by atoms with Crippen LogP contribution < -0.4 is 0 Å². The highest BCUT2D eigenvalue weighted by molar-refractivity contribution is 6.29. The zero-order chi connectivity index (χ0) is 7.56. The second kappa shape index (κ2) is 2.84. The molecule has 4 heteroatoms. The van der Waals surface area contributed by atoms with E-state index in [0.717, 1.165) is 0 Å². The molecule has 0 aliphatic heterocycles. The predicted molar refractivity (Wildman–Crippen MR) is 38.2 cm³/mol. The third kappa shape index (κ3) is 1.36. The predicted octanol–water partition coefficient (Wildman–Crippen LogP) is 1.66. The third-order valence-electron chi connectivity index (χ3n) is 1.13. The van der Waals surface area contributed by atoms with Gasteiger partial charge in [0.25, 0.3) is 0 Å². The number of Topliss-reactive ketones (excluding diaryl/α,β-unsaturated/α-hetero) is 1. The van der Waals surface area contributed by atoms with Crippen LogP contribution in [0, 0.1) is 0 Å². The Morgan fingerprint density at radius 1 is 1.90 bits per heavy atom. The van der Waals surface area contributed by atoms with Gasteiger partial charge in [0, 0.05) is 6.42 Å². The van der Waals surface area contributed by atoms with Crippen molar-refractivity contribution in [3.63, 3.8) is 0 Å². The minimum Gasteiger partial charge on any atom is -0.327 e. The van der Waals surface area contributed by atoms with E-state index in [1.54, 1.807) is 6.92 Å². The second-order valence-corrected chi connectivity index (χ2v) is 2.26. The number of H-pyrrole nitrogens is 1. The maximum Gasteiger partial charge on any atom is 0.197 e. The molecule has 0 spiro atoms. The van der Waals surface area contributed by atoms with Crippen LogP contribution in [-0.2, 0) is 0 Å². The molecule has 0 aliphatic carbocycles. The maximum absolute atomic E-state index is 10.9. The minimum atomic E-state index is -0.0214. The van der Waals surface area contributed by atoms with E-state index < -0.39 is 0 Å². The topological polar surface area (TPSA) is 45.8 Å². The fraction of sp³-hybridized carbons (Fsp3) is 0.333. The molecule has 1 rings (SSSR count). The number of ketones is 1. The molecule has 1 aromatic rings. The Morgan fingerprint density at radius 3 is 3.00 bits per heavy atom. The van der Waals surface area contributed by atoms with Crippen molar-refractivity contribution in [2.75, 3.05) is 0 Å². The Bertz CT molecular complexity index is 244. The van der Waals surface area contributed by atoms with Crippen molar-refractivity contribution in [2.45, 2.75) is 13.3 Å². The van der Waals surface area contributed by atoms with Crippen LogP contribution in [-0.4, -0.2) is 15.8 Å². The number of imidazole rings is 1. The summed E-state index contributed by atoms with van der Waals surface area (Å²) < 4.78 is 0. The quantitative estimate of drug-likeness (QED) is 0.666. The summed E-state index contributed by atoms with van der Waals surface area (Å²) in [5.74, 6) is 0.319. The largest absolute Gasteiger partial charge is 0.327 e. The van der Waals surface area contributed by atoms with Gasteiger partial charge in [0.05, 0.1) is 6.20 Å². The summed E-state index contributed by atoms with van der Waals surface area (Å²) in [4.78, 5) is 17.3. The summed E-state index contributed by atoms with van der Waals surface area (Å²) in [5, 5.41) is 0.400. The Hall–Kier alpha value is -0.830. The summed E-state index contributed by atoms with van der Waals surface area (Å²) >= 11 is 5.49. The normalized spacial score (nSPS) is 9.80. The van der Waals surface area contributed by atoms with Gasteiger partial charge in [-0.1, -0.05) is 18.5 Å². The average Bonchev–Trinajstić information content (AvgIpc) is 2.34. The van der Waals surface area contributed by atoms with Crippen LogP contribution in [0.4, 0.5) is 0 Å². The van der Waals surface area contributed by atoms with Crippen molar-refractivity contribution in [2.24, 2.45) is 0 Å². The van der Waals surface area contributed by atoms with Gasteiger partial charge >= 0.3 is 0 Å². The number of hydrogen-bond donors (Lipinski definition) is 1. The molecule has 0 aliphatic rings. The van der Waals surface area contributed by atoms with Crippen LogP contribution in [0.1, 0.15) is 24.0 Å². The van der Waals surface area contributed by atoms with E-state index in [9.17, 15) is 4.79 Å². The summed E-state index contributed by atoms with van der Waals surface area (Å²) in [6, 6.07) is 0. The lowest BCUT2D eigenvalue weighted by molar-refractivity contribution is 0.0979. The lowest BCUT2D eigenvalue weighted by Gasteiger charge is -1.87. The first-order valence-electron chi connectivity index (χ1n) is 2.97. The average molecular weight is 159 g/mol. The molecule has 1 N–H and O–H groups in total. The van der Waals surface area contributed by atoms with Crippen LogP contribution in [0.25, 0.3) is 0 Å². The Morgan fingerprint density at radius 2 is 2.60 bits per heavy atom. The number of aromatic amines is 1. The fourth-order valence-electron chi connectivity index (χ4n) is 0.608. The number of aromatic nitrogens is 2. The van der Waals surface area contributed by atoms with Gasteiger partial charge in [-0.15, -0.1) is 0 Å². The van der Waals surface area contributed by atoms with Gasteiger partial charge in [0.1, 0.15) is 5.15 Å². The third-order valence-corrected chi connectivity index (χ3v) is 1.32. The number of halogens is 1. The monoisotopic (exact) mass is 158 g/mol. The van der Waals surface area contributed by atoms with E-state index in [1.165, 1.54) is 6.20 Å². The van der Waals surface area contributed by atoms with Gasteiger partial charge in [0.2, 0.25) is 0 Å². The highest BCUT2D eigenvalue weighted by Crippen LogP contribution is 2.04. The Labute approximate surface area is 63.4 Å². The van der Waals surface area contributed by atoms with Gasteiger partial charge in [-0.3, -0.25) is 4.79 Å². The summed E-state index contributed by atoms with van der Waals surface area (Å²) in [6.45, 7) is 1.78. The highest BCUT2D eigenvalue weighted by Gasteiger charge is 2.05. The number of carbonyl (C=O) groups excluding carboxylic acids is 1. The minimum absolute atomic E-state index is 0.0214. The molecule has 3 nitrogen and oxygen atoms in total. The van der Waals surface area contributed by atoms with Crippen LogP contribution in [0.3, 0.4) is 0 Å². The molecule has 0 unspecified atom stereocenters. The number of hydrogen-bond acceptors (Lipinski definition) is 2. The molecular weight excluding hydrogens is 152 g/mol. The van der Waals surface area contributed by atoms with Crippen molar-refractivity contribution in [1.82, 2.24) is 9.97 Å². The molecule has 0 saturated heterocycles. The van der Waals surface area contributed by atoms with E-state index in [0.29, 0.717) is 17.4 Å². The SMILES string of the molecule is CCC(=O)c1ncc(Cl)[nH]1. The zero-order valence-electron chi connectivity index (χ0n) is 5.52. The second-order valence-electron chi connectivity index (χ2n) is 1.86. The number of rotatable bonds is 2. The Balaban J connectivity index is 2.85. The first kappa shape index (κ1) is 7.28. The molecule has 0 saturated carbocycles. The van der Waals surface area contributed by atoms with Gasteiger partial charge in [-0.05, 0) is 0 Å². The zero-order valence-corrected chi connectivity index (χ0v) is 6.27. The molecule has 10 heavy (non-hydrogen) atoms.